The Hall–Kier alpha value is -1.88. The number of nitrogens with zero attached hydrogens (tertiary/aromatic N) is 2. The van der Waals surface area contributed by atoms with E-state index in [0.717, 1.165) is 55.5 Å². The summed E-state index contributed by atoms with van der Waals surface area (Å²) in [5.74, 6) is 2.15. The number of hydrogen-bond acceptors (Lipinski definition) is 7. The Balaban J connectivity index is 1.56. The topological polar surface area (TPSA) is 72.2 Å². The summed E-state index contributed by atoms with van der Waals surface area (Å²) in [6, 6.07) is 11.3. The highest BCUT2D eigenvalue weighted by atomic mass is 35.5. The second-order valence-electron chi connectivity index (χ2n) is 7.86. The van der Waals surface area contributed by atoms with Crippen LogP contribution in [0.1, 0.15) is 49.4 Å². The lowest BCUT2D eigenvalue weighted by molar-refractivity contribution is -0.145. The lowest BCUT2D eigenvalue weighted by Crippen LogP contribution is -2.28. The summed E-state index contributed by atoms with van der Waals surface area (Å²) in [5, 5.41) is 10.8. The summed E-state index contributed by atoms with van der Waals surface area (Å²) >= 11 is 8.96. The largest absolute Gasteiger partial charge is 0.490 e. The first-order valence-electron chi connectivity index (χ1n) is 11.3. The lowest BCUT2D eigenvalue weighted by atomic mass is 9.95. The molecule has 1 aliphatic carbocycles. The number of carbonyl (C=O) groups is 1. The van der Waals surface area contributed by atoms with Crippen LogP contribution in [0, 0.1) is 11.3 Å². The van der Waals surface area contributed by atoms with Crippen LogP contribution in [0.2, 0.25) is 5.02 Å². The normalized spacial score (nSPS) is 13.6. The molecule has 0 radical (unpaired) electrons. The summed E-state index contributed by atoms with van der Waals surface area (Å²) in [4.78, 5) is 17.3. The van der Waals surface area contributed by atoms with Crippen molar-refractivity contribution < 1.29 is 14.3 Å². The maximum absolute atomic E-state index is 12.6. The third-order valence-corrected chi connectivity index (χ3v) is 7.61. The van der Waals surface area contributed by atoms with Crippen LogP contribution in [-0.2, 0) is 22.4 Å². The monoisotopic (exact) mass is 504 g/mol. The van der Waals surface area contributed by atoms with Gasteiger partial charge in [-0.15, -0.1) is 0 Å². The molecule has 1 aromatic heterocycles. The number of ether oxygens (including phenoxy) is 2. The number of halogens is 1. The van der Waals surface area contributed by atoms with Gasteiger partial charge in [-0.05, 0) is 73.8 Å². The van der Waals surface area contributed by atoms with Crippen molar-refractivity contribution in [1.29, 1.82) is 5.26 Å². The maximum atomic E-state index is 12.6. The van der Waals surface area contributed by atoms with Crippen molar-refractivity contribution in [2.75, 3.05) is 23.9 Å². The minimum Gasteiger partial charge on any atom is -0.490 e. The van der Waals surface area contributed by atoms with Crippen molar-refractivity contribution in [1.82, 2.24) is 4.98 Å². The van der Waals surface area contributed by atoms with Crippen molar-refractivity contribution in [2.45, 2.75) is 56.6 Å². The molecule has 1 unspecified atom stereocenters. The lowest BCUT2D eigenvalue weighted by Gasteiger charge is -2.19. The Morgan fingerprint density at radius 2 is 2.06 bits per heavy atom. The maximum Gasteiger partial charge on any atom is 0.316 e. The fourth-order valence-electron chi connectivity index (χ4n) is 3.45. The summed E-state index contributed by atoms with van der Waals surface area (Å²) in [6.45, 7) is 2.43. The summed E-state index contributed by atoms with van der Waals surface area (Å²) in [7, 11) is 0. The van der Waals surface area contributed by atoms with Crippen LogP contribution >= 0.6 is 35.1 Å². The van der Waals surface area contributed by atoms with E-state index in [1.54, 1.807) is 36.0 Å². The van der Waals surface area contributed by atoms with Crippen molar-refractivity contribution in [2.24, 2.45) is 0 Å². The van der Waals surface area contributed by atoms with Gasteiger partial charge < -0.3 is 9.47 Å². The average molecular weight is 505 g/mol. The molecule has 33 heavy (non-hydrogen) atoms. The SMILES string of the molecule is CCCCSCC(COc1ccc(Cl)cc1)OC(=O)CSc1nc2c(cc1C#N)CCCC2. The zero-order valence-electron chi connectivity index (χ0n) is 18.8. The molecule has 1 aromatic carbocycles. The molecule has 2 aromatic rings. The number of rotatable bonds is 12. The minimum atomic E-state index is -0.359. The highest BCUT2D eigenvalue weighted by molar-refractivity contribution is 8.00. The highest BCUT2D eigenvalue weighted by Crippen LogP contribution is 2.27. The zero-order valence-corrected chi connectivity index (χ0v) is 21.2. The van der Waals surface area contributed by atoms with Crippen LogP contribution in [0.15, 0.2) is 35.4 Å². The molecule has 0 saturated carbocycles. The van der Waals surface area contributed by atoms with Gasteiger partial charge >= 0.3 is 5.97 Å². The number of nitriles is 1. The Labute approximate surface area is 209 Å². The first kappa shape index (κ1) is 25.7. The fourth-order valence-corrected chi connectivity index (χ4v) is 5.42. The number of carbonyl (C=O) groups excluding carboxylic acids is 1. The molecular formula is C25H29ClN2O3S2. The van der Waals surface area contributed by atoms with E-state index in [2.05, 4.69) is 18.0 Å². The molecule has 0 spiro atoms. The molecule has 1 atom stereocenters. The number of hydrogen-bond donors (Lipinski definition) is 0. The number of esters is 1. The van der Waals surface area contributed by atoms with E-state index in [-0.39, 0.29) is 24.4 Å². The van der Waals surface area contributed by atoms with Gasteiger partial charge in [0.05, 0.1) is 11.3 Å². The minimum absolute atomic E-state index is 0.109. The number of benzene rings is 1. The highest BCUT2D eigenvalue weighted by Gasteiger charge is 2.19. The number of aryl methyl sites for hydroxylation is 2. The number of fused-ring (bicyclic) bond motifs is 1. The molecule has 0 fully saturated rings. The van der Waals surface area contributed by atoms with Gasteiger partial charge in [0.2, 0.25) is 0 Å². The molecule has 8 heteroatoms. The number of pyridine rings is 1. The molecular weight excluding hydrogens is 476 g/mol. The predicted molar refractivity (Wildman–Crippen MR) is 135 cm³/mol. The van der Waals surface area contributed by atoms with E-state index in [1.807, 2.05) is 6.07 Å². The number of thioether (sulfide) groups is 2. The summed E-state index contributed by atoms with van der Waals surface area (Å²) in [5.41, 5.74) is 2.75. The van der Waals surface area contributed by atoms with E-state index in [0.29, 0.717) is 27.1 Å². The van der Waals surface area contributed by atoms with Gasteiger partial charge in [-0.25, -0.2) is 4.98 Å². The van der Waals surface area contributed by atoms with E-state index in [1.165, 1.54) is 11.8 Å². The first-order chi connectivity index (χ1) is 16.1. The Bertz CT molecular complexity index is 963. The second-order valence-corrected chi connectivity index (χ2v) is 10.4. The van der Waals surface area contributed by atoms with E-state index < -0.39 is 0 Å². The van der Waals surface area contributed by atoms with E-state index in [9.17, 15) is 10.1 Å². The van der Waals surface area contributed by atoms with Crippen LogP contribution in [-0.4, -0.2) is 40.9 Å². The Morgan fingerprint density at radius 1 is 1.27 bits per heavy atom. The zero-order chi connectivity index (χ0) is 23.5. The van der Waals surface area contributed by atoms with Crippen LogP contribution in [0.25, 0.3) is 0 Å². The number of unbranched alkanes of at least 4 members (excludes halogenated alkanes) is 1. The second kappa shape index (κ2) is 13.7. The van der Waals surface area contributed by atoms with E-state index in [4.69, 9.17) is 21.1 Å². The first-order valence-corrected chi connectivity index (χ1v) is 13.8. The molecule has 5 nitrogen and oxygen atoms in total. The molecule has 0 aliphatic heterocycles. The van der Waals surface area contributed by atoms with Gasteiger partial charge in [-0.1, -0.05) is 36.7 Å². The Kier molecular flexibility index (Phi) is 10.7. The quantitative estimate of drug-likeness (QED) is 0.196. The summed E-state index contributed by atoms with van der Waals surface area (Å²) in [6.07, 6.45) is 6.04. The van der Waals surface area contributed by atoms with Gasteiger partial charge in [0.1, 0.15) is 29.6 Å². The van der Waals surface area contributed by atoms with Gasteiger partial charge in [0.15, 0.2) is 0 Å². The van der Waals surface area contributed by atoms with Crippen molar-refractivity contribution in [3.63, 3.8) is 0 Å². The molecule has 0 N–H and O–H groups in total. The van der Waals surface area contributed by atoms with Crippen molar-refractivity contribution in [3.8, 4) is 11.8 Å². The average Bonchev–Trinajstić information content (AvgIpc) is 2.84. The molecule has 0 saturated heterocycles. The molecule has 3 rings (SSSR count). The van der Waals surface area contributed by atoms with Crippen LogP contribution in [0.5, 0.6) is 5.75 Å². The summed E-state index contributed by atoms with van der Waals surface area (Å²) < 4.78 is 11.6. The Morgan fingerprint density at radius 3 is 2.82 bits per heavy atom. The van der Waals surface area contributed by atoms with Crippen LogP contribution in [0.3, 0.4) is 0 Å². The third-order valence-electron chi connectivity index (χ3n) is 5.21. The van der Waals surface area contributed by atoms with Gasteiger partial charge in [0, 0.05) is 16.5 Å². The van der Waals surface area contributed by atoms with Crippen molar-refractivity contribution >= 4 is 41.1 Å². The number of aromatic nitrogens is 1. The molecule has 176 valence electrons. The van der Waals surface area contributed by atoms with Crippen LogP contribution < -0.4 is 4.74 Å². The van der Waals surface area contributed by atoms with E-state index >= 15 is 0 Å². The van der Waals surface area contributed by atoms with Gasteiger partial charge in [0.25, 0.3) is 0 Å². The predicted octanol–water partition coefficient (Wildman–Crippen LogP) is 6.10. The molecule has 1 heterocycles. The van der Waals surface area contributed by atoms with Crippen molar-refractivity contribution in [3.05, 3.63) is 52.2 Å². The smallest absolute Gasteiger partial charge is 0.316 e. The van der Waals surface area contributed by atoms with Gasteiger partial charge in [-0.3, -0.25) is 4.79 Å². The van der Waals surface area contributed by atoms with Crippen LogP contribution in [0.4, 0.5) is 0 Å². The fraction of sp³-hybridized carbons (Fsp3) is 0.480. The standard InChI is InChI=1S/C25H29ClN2O3S2/c1-2-3-12-32-16-22(15-30-21-10-8-20(26)9-11-21)31-24(29)17-33-25-19(14-27)13-18-6-4-5-7-23(18)28-25/h8-11,13,22H,2-7,12,15-17H2,1H3. The molecule has 1 aliphatic rings. The third kappa shape index (κ3) is 8.44. The molecule has 0 bridgehead atoms. The van der Waals surface area contributed by atoms with Gasteiger partial charge in [-0.2, -0.15) is 17.0 Å². The molecule has 0 amide bonds.